The summed E-state index contributed by atoms with van der Waals surface area (Å²) in [5.41, 5.74) is 0. The molecule has 1 nitrogen and oxygen atoms in total. The quantitative estimate of drug-likeness (QED) is 0.492. The van der Waals surface area contributed by atoms with Crippen molar-refractivity contribution in [2.24, 2.45) is 0 Å². The van der Waals surface area contributed by atoms with Gasteiger partial charge in [0.15, 0.2) is 0 Å². The van der Waals surface area contributed by atoms with Gasteiger partial charge in [0.2, 0.25) is 0 Å². The van der Waals surface area contributed by atoms with Crippen molar-refractivity contribution in [3.8, 4) is 0 Å². The third-order valence-electron chi connectivity index (χ3n) is 0.520. The number of pyridine rings is 1. The maximum absolute atomic E-state index is 5.39. The molecule has 1 heterocycles. The van der Waals surface area contributed by atoms with Crippen LogP contribution in [0.2, 0.25) is 5.02 Å². The lowest BCUT2D eigenvalue weighted by atomic mass is 10.5. The van der Waals surface area contributed by atoms with E-state index in [1.807, 2.05) is 0 Å². The Kier molecular flexibility index (Phi) is 1.27. The van der Waals surface area contributed by atoms with Crippen LogP contribution in [0.3, 0.4) is 0 Å². The molecule has 0 atom stereocenters. The third-order valence-corrected chi connectivity index (χ3v) is 0.714. The van der Waals surface area contributed by atoms with E-state index in [-0.39, 0.29) is 0 Å². The topological polar surface area (TPSA) is 12.9 Å². The standard InChI is InChI=1S/C5H2ClN/c6-5-2-1-3-7-4-5/h2-3H. The second-order valence-electron chi connectivity index (χ2n) is 1.03. The SMILES string of the molecule is Clc1[c]nc[c]c1. The Morgan fingerprint density at radius 2 is 2.57 bits per heavy atom. The van der Waals surface area contributed by atoms with Gasteiger partial charge in [-0.2, -0.15) is 0 Å². The van der Waals surface area contributed by atoms with E-state index < -0.39 is 0 Å². The lowest BCUT2D eigenvalue weighted by molar-refractivity contribution is 1.31. The van der Waals surface area contributed by atoms with E-state index in [0.717, 1.165) is 0 Å². The monoisotopic (exact) mass is 111 g/mol. The van der Waals surface area contributed by atoms with Crippen LogP contribution in [0, 0.1) is 12.3 Å². The number of nitrogens with zero attached hydrogens (tertiary/aromatic N) is 1. The molecule has 1 rings (SSSR count). The molecule has 0 saturated heterocycles. The third kappa shape index (κ3) is 1.16. The van der Waals surface area contributed by atoms with Crippen LogP contribution in [-0.4, -0.2) is 4.98 Å². The van der Waals surface area contributed by atoms with Crippen LogP contribution in [0.5, 0.6) is 0 Å². The molecule has 2 radical (unpaired) electrons. The molecule has 0 aliphatic heterocycles. The first kappa shape index (κ1) is 4.60. The fourth-order valence-corrected chi connectivity index (χ4v) is 0.386. The predicted molar refractivity (Wildman–Crippen MR) is 26.9 cm³/mol. The van der Waals surface area contributed by atoms with E-state index in [4.69, 9.17) is 11.6 Å². The van der Waals surface area contributed by atoms with Gasteiger partial charge in [-0.25, -0.2) is 0 Å². The van der Waals surface area contributed by atoms with E-state index in [1.165, 1.54) is 6.20 Å². The molecule has 2 heteroatoms. The Balaban J connectivity index is 3.02. The molecule has 0 saturated carbocycles. The number of aromatic nitrogens is 1. The number of halogens is 1. The Bertz CT molecular complexity index is 138. The Labute approximate surface area is 47.0 Å². The van der Waals surface area contributed by atoms with Crippen LogP contribution in [0.25, 0.3) is 0 Å². The maximum Gasteiger partial charge on any atom is 0.109 e. The van der Waals surface area contributed by atoms with Gasteiger partial charge in [-0.1, -0.05) is 11.6 Å². The lowest BCUT2D eigenvalue weighted by Gasteiger charge is -1.77. The van der Waals surface area contributed by atoms with E-state index in [1.54, 1.807) is 6.07 Å². The van der Waals surface area contributed by atoms with Crippen LogP contribution in [0.15, 0.2) is 12.3 Å². The number of hydrogen-bond donors (Lipinski definition) is 0. The molecular weight excluding hydrogens is 110 g/mol. The molecule has 34 valence electrons. The number of rotatable bonds is 0. The van der Waals surface area contributed by atoms with Crippen LogP contribution in [0.4, 0.5) is 0 Å². The van der Waals surface area contributed by atoms with E-state index >= 15 is 0 Å². The summed E-state index contributed by atoms with van der Waals surface area (Å²) in [6.07, 6.45) is 4.02. The normalized spacial score (nSPS) is 8.71. The highest BCUT2D eigenvalue weighted by Gasteiger charge is 1.78. The zero-order valence-corrected chi connectivity index (χ0v) is 4.24. The Morgan fingerprint density at radius 3 is 2.86 bits per heavy atom. The highest BCUT2D eigenvalue weighted by molar-refractivity contribution is 6.30. The molecule has 0 fully saturated rings. The average Bonchev–Trinajstić information content (AvgIpc) is 1.69. The van der Waals surface area contributed by atoms with Crippen molar-refractivity contribution in [3.63, 3.8) is 0 Å². The van der Waals surface area contributed by atoms with Crippen LogP contribution >= 0.6 is 11.6 Å². The van der Waals surface area contributed by atoms with Crippen molar-refractivity contribution < 1.29 is 0 Å². The summed E-state index contributed by atoms with van der Waals surface area (Å²) < 4.78 is 0. The summed E-state index contributed by atoms with van der Waals surface area (Å²) in [4.78, 5) is 3.57. The molecule has 0 spiro atoms. The van der Waals surface area contributed by atoms with Gasteiger partial charge < -0.3 is 0 Å². The zero-order chi connectivity index (χ0) is 5.11. The number of hydrogen-bond acceptors (Lipinski definition) is 1. The first-order chi connectivity index (χ1) is 3.39. The van der Waals surface area contributed by atoms with Gasteiger partial charge in [0.05, 0.1) is 5.02 Å². The molecular formula is C5H2ClN. The fraction of sp³-hybridized carbons (Fsp3) is 0. The van der Waals surface area contributed by atoms with Crippen LogP contribution in [-0.2, 0) is 0 Å². The van der Waals surface area contributed by atoms with Gasteiger partial charge in [-0.15, -0.1) is 0 Å². The fourth-order valence-electron chi connectivity index (χ4n) is 0.274. The van der Waals surface area contributed by atoms with Gasteiger partial charge in [0.25, 0.3) is 0 Å². The highest BCUT2D eigenvalue weighted by Crippen LogP contribution is 1.99. The molecule has 0 aromatic carbocycles. The lowest BCUT2D eigenvalue weighted by Crippen LogP contribution is -1.66. The largest absolute Gasteiger partial charge is 0.252 e. The van der Waals surface area contributed by atoms with Crippen molar-refractivity contribution in [3.05, 3.63) is 29.5 Å². The molecule has 1 aromatic rings. The molecule has 7 heavy (non-hydrogen) atoms. The van der Waals surface area contributed by atoms with E-state index in [9.17, 15) is 0 Å². The summed E-state index contributed by atoms with van der Waals surface area (Å²) in [7, 11) is 0. The van der Waals surface area contributed by atoms with Crippen molar-refractivity contribution in [2.75, 3.05) is 0 Å². The first-order valence-electron chi connectivity index (χ1n) is 1.79. The Morgan fingerprint density at radius 1 is 1.71 bits per heavy atom. The van der Waals surface area contributed by atoms with Gasteiger partial charge in [0, 0.05) is 12.3 Å². The molecule has 1 aromatic heterocycles. The molecule has 0 aliphatic rings. The van der Waals surface area contributed by atoms with Gasteiger partial charge in [0.1, 0.15) is 6.20 Å². The van der Waals surface area contributed by atoms with Crippen molar-refractivity contribution >= 4 is 11.6 Å². The molecule has 0 N–H and O–H groups in total. The molecule has 0 bridgehead atoms. The van der Waals surface area contributed by atoms with E-state index in [2.05, 4.69) is 17.2 Å². The minimum atomic E-state index is 0.502. The summed E-state index contributed by atoms with van der Waals surface area (Å²) in [5.74, 6) is 0. The second kappa shape index (κ2) is 1.94. The van der Waals surface area contributed by atoms with Crippen LogP contribution < -0.4 is 0 Å². The Hall–Kier alpha value is -0.560. The summed E-state index contributed by atoms with van der Waals surface area (Å²) in [5, 5.41) is 0.502. The molecule has 0 unspecified atom stereocenters. The van der Waals surface area contributed by atoms with Crippen LogP contribution in [0.1, 0.15) is 0 Å². The van der Waals surface area contributed by atoms with Gasteiger partial charge in [-0.3, -0.25) is 4.98 Å². The van der Waals surface area contributed by atoms with E-state index in [0.29, 0.717) is 5.02 Å². The molecule has 0 aliphatic carbocycles. The van der Waals surface area contributed by atoms with Crippen molar-refractivity contribution in [2.45, 2.75) is 0 Å². The molecule has 0 amide bonds. The van der Waals surface area contributed by atoms with Crippen molar-refractivity contribution in [1.29, 1.82) is 0 Å². The smallest absolute Gasteiger partial charge is 0.109 e. The van der Waals surface area contributed by atoms with Crippen molar-refractivity contribution in [1.82, 2.24) is 4.98 Å². The summed E-state index contributed by atoms with van der Waals surface area (Å²) >= 11 is 5.39. The van der Waals surface area contributed by atoms with Gasteiger partial charge >= 0.3 is 0 Å². The summed E-state index contributed by atoms with van der Waals surface area (Å²) in [6.45, 7) is 0. The minimum Gasteiger partial charge on any atom is -0.252 e. The van der Waals surface area contributed by atoms with Gasteiger partial charge in [-0.05, 0) is 6.07 Å². The first-order valence-corrected chi connectivity index (χ1v) is 2.16. The average molecular weight is 112 g/mol. The maximum atomic E-state index is 5.39. The predicted octanol–water partition coefficient (Wildman–Crippen LogP) is 1.34. The zero-order valence-electron chi connectivity index (χ0n) is 3.48. The minimum absolute atomic E-state index is 0.502. The summed E-state index contributed by atoms with van der Waals surface area (Å²) in [6, 6.07) is 4.29. The second-order valence-corrected chi connectivity index (χ2v) is 1.44. The highest BCUT2D eigenvalue weighted by atomic mass is 35.5.